The summed E-state index contributed by atoms with van der Waals surface area (Å²) in [6, 6.07) is 5.93. The Balaban J connectivity index is 0.00000191. The van der Waals surface area contributed by atoms with Crippen molar-refractivity contribution in [2.45, 2.75) is 47.0 Å². The van der Waals surface area contributed by atoms with Gasteiger partial charge in [-0.05, 0) is 62.9 Å². The van der Waals surface area contributed by atoms with Gasteiger partial charge < -0.3 is 11.1 Å². The van der Waals surface area contributed by atoms with Crippen LogP contribution >= 0.6 is 0 Å². The molecule has 0 aliphatic rings. The SMILES string of the molecule is C/C=C(F)\C=C/CCCc1cc(N)ccc1NCC.CC. The monoisotopic (exact) mass is 292 g/mol. The van der Waals surface area contributed by atoms with E-state index in [4.69, 9.17) is 5.73 Å². The Morgan fingerprint density at radius 2 is 2.05 bits per heavy atom. The predicted octanol–water partition coefficient (Wildman–Crippen LogP) is 5.48. The standard InChI is InChI=1S/C16H23FN2.C2H6/c1-3-14(17)9-7-5-6-8-13-12-15(18)10-11-16(13)19-4-2;1-2/h3,7,9-12,19H,4-6,8,18H2,1-2H3;1-2H3/b9-7-,14-3+;. The van der Waals surface area contributed by atoms with Crippen LogP contribution in [-0.2, 0) is 6.42 Å². The van der Waals surface area contributed by atoms with Crippen molar-refractivity contribution >= 4 is 11.4 Å². The number of unbranched alkanes of at least 4 members (excludes halogenated alkanes) is 1. The minimum Gasteiger partial charge on any atom is -0.399 e. The van der Waals surface area contributed by atoms with Gasteiger partial charge in [-0.25, -0.2) is 4.39 Å². The number of nitrogens with two attached hydrogens (primary N) is 1. The third-order valence-corrected chi connectivity index (χ3v) is 2.87. The molecule has 0 bridgehead atoms. The number of nitrogens with one attached hydrogen (secondary N) is 1. The molecule has 0 fully saturated rings. The molecule has 0 aliphatic heterocycles. The second kappa shape index (κ2) is 12.0. The summed E-state index contributed by atoms with van der Waals surface area (Å²) in [5, 5.41) is 3.33. The van der Waals surface area contributed by atoms with Crippen molar-refractivity contribution in [3.8, 4) is 0 Å². The summed E-state index contributed by atoms with van der Waals surface area (Å²) >= 11 is 0. The number of hydrogen-bond acceptors (Lipinski definition) is 2. The molecule has 3 N–H and O–H groups in total. The van der Waals surface area contributed by atoms with Crippen molar-refractivity contribution in [1.82, 2.24) is 0 Å². The van der Waals surface area contributed by atoms with Gasteiger partial charge in [0.25, 0.3) is 0 Å². The first kappa shape index (κ1) is 19.2. The second-order valence-electron chi connectivity index (χ2n) is 4.42. The van der Waals surface area contributed by atoms with Gasteiger partial charge in [0.15, 0.2) is 0 Å². The maximum absolute atomic E-state index is 12.8. The lowest BCUT2D eigenvalue weighted by Gasteiger charge is -2.11. The topological polar surface area (TPSA) is 38.0 Å². The zero-order chi connectivity index (χ0) is 16.1. The Hall–Kier alpha value is -1.77. The molecule has 1 rings (SSSR count). The molecular formula is C18H29FN2. The molecule has 0 aromatic heterocycles. The molecule has 0 atom stereocenters. The van der Waals surface area contributed by atoms with Gasteiger partial charge in [0.1, 0.15) is 5.83 Å². The molecule has 1 aromatic rings. The number of anilines is 2. The van der Waals surface area contributed by atoms with E-state index in [-0.39, 0.29) is 5.83 Å². The van der Waals surface area contributed by atoms with Gasteiger partial charge in [-0.3, -0.25) is 0 Å². The number of benzene rings is 1. The number of allylic oxidation sites excluding steroid dienone is 4. The van der Waals surface area contributed by atoms with Gasteiger partial charge in [0.05, 0.1) is 0 Å². The van der Waals surface area contributed by atoms with Crippen molar-refractivity contribution in [2.75, 3.05) is 17.6 Å². The molecule has 1 aromatic carbocycles. The van der Waals surface area contributed by atoms with Gasteiger partial charge in [-0.2, -0.15) is 0 Å². The van der Waals surface area contributed by atoms with E-state index in [1.165, 1.54) is 17.7 Å². The Kier molecular flexibility index (Phi) is 11.0. The van der Waals surface area contributed by atoms with Crippen molar-refractivity contribution in [3.63, 3.8) is 0 Å². The van der Waals surface area contributed by atoms with Crippen LogP contribution in [-0.4, -0.2) is 6.54 Å². The molecule has 0 saturated carbocycles. The van der Waals surface area contributed by atoms with Gasteiger partial charge in [-0.15, -0.1) is 0 Å². The van der Waals surface area contributed by atoms with E-state index in [2.05, 4.69) is 12.2 Å². The molecule has 2 nitrogen and oxygen atoms in total. The van der Waals surface area contributed by atoms with Crippen LogP contribution in [0.5, 0.6) is 0 Å². The van der Waals surface area contributed by atoms with E-state index in [1.807, 2.05) is 38.1 Å². The minimum atomic E-state index is -0.183. The Morgan fingerprint density at radius 3 is 2.67 bits per heavy atom. The third-order valence-electron chi connectivity index (χ3n) is 2.87. The highest BCUT2D eigenvalue weighted by Crippen LogP contribution is 2.21. The summed E-state index contributed by atoms with van der Waals surface area (Å²) in [5.74, 6) is -0.183. The van der Waals surface area contributed by atoms with E-state index in [0.717, 1.165) is 37.2 Å². The lowest BCUT2D eigenvalue weighted by Crippen LogP contribution is -2.02. The summed E-state index contributed by atoms with van der Waals surface area (Å²) in [6.45, 7) is 8.65. The second-order valence-corrected chi connectivity index (χ2v) is 4.42. The largest absolute Gasteiger partial charge is 0.399 e. The van der Waals surface area contributed by atoms with E-state index < -0.39 is 0 Å². The molecule has 0 aliphatic carbocycles. The maximum atomic E-state index is 12.8. The fraction of sp³-hybridized carbons (Fsp3) is 0.444. The quantitative estimate of drug-likeness (QED) is 0.397. The van der Waals surface area contributed by atoms with Crippen molar-refractivity contribution in [3.05, 3.63) is 47.8 Å². The van der Waals surface area contributed by atoms with Gasteiger partial charge in [0, 0.05) is 17.9 Å². The van der Waals surface area contributed by atoms with Gasteiger partial charge in [0.2, 0.25) is 0 Å². The van der Waals surface area contributed by atoms with Crippen LogP contribution in [0.25, 0.3) is 0 Å². The van der Waals surface area contributed by atoms with Crippen LogP contribution in [0, 0.1) is 0 Å². The molecule has 21 heavy (non-hydrogen) atoms. The minimum absolute atomic E-state index is 0.183. The van der Waals surface area contributed by atoms with Gasteiger partial charge in [-0.1, -0.05) is 26.0 Å². The zero-order valence-electron chi connectivity index (χ0n) is 13.7. The normalized spacial score (nSPS) is 11.2. The molecular weight excluding hydrogens is 263 g/mol. The Morgan fingerprint density at radius 1 is 1.33 bits per heavy atom. The molecule has 3 heteroatoms. The molecule has 118 valence electrons. The average molecular weight is 292 g/mol. The highest BCUT2D eigenvalue weighted by Gasteiger charge is 2.01. The summed E-state index contributed by atoms with van der Waals surface area (Å²) in [4.78, 5) is 0. The van der Waals surface area contributed by atoms with Crippen molar-refractivity contribution in [2.24, 2.45) is 0 Å². The molecule has 0 unspecified atom stereocenters. The van der Waals surface area contributed by atoms with Crippen LogP contribution in [0.3, 0.4) is 0 Å². The van der Waals surface area contributed by atoms with Crippen molar-refractivity contribution < 1.29 is 4.39 Å². The highest BCUT2D eigenvalue weighted by molar-refractivity contribution is 5.58. The van der Waals surface area contributed by atoms with E-state index in [9.17, 15) is 4.39 Å². The van der Waals surface area contributed by atoms with E-state index >= 15 is 0 Å². The summed E-state index contributed by atoms with van der Waals surface area (Å²) < 4.78 is 12.8. The molecule has 0 radical (unpaired) electrons. The van der Waals surface area contributed by atoms with Crippen LogP contribution in [0.2, 0.25) is 0 Å². The lowest BCUT2D eigenvalue weighted by molar-refractivity contribution is 0.663. The fourth-order valence-electron chi connectivity index (χ4n) is 1.89. The number of rotatable bonds is 7. The molecule has 0 heterocycles. The maximum Gasteiger partial charge on any atom is 0.118 e. The fourth-order valence-corrected chi connectivity index (χ4v) is 1.89. The first-order valence-corrected chi connectivity index (χ1v) is 7.78. The van der Waals surface area contributed by atoms with Crippen LogP contribution in [0.4, 0.5) is 15.8 Å². The number of hydrogen-bond donors (Lipinski definition) is 2. The number of halogens is 1. The number of aryl methyl sites for hydroxylation is 1. The molecule has 0 spiro atoms. The van der Waals surface area contributed by atoms with Crippen LogP contribution in [0.15, 0.2) is 42.3 Å². The third kappa shape index (κ3) is 8.18. The Bertz CT molecular complexity index is 451. The van der Waals surface area contributed by atoms with E-state index in [0.29, 0.717) is 0 Å². The molecule has 0 saturated heterocycles. The lowest BCUT2D eigenvalue weighted by atomic mass is 10.0. The Labute approximate surface area is 128 Å². The first-order chi connectivity index (χ1) is 10.2. The first-order valence-electron chi connectivity index (χ1n) is 7.78. The van der Waals surface area contributed by atoms with Crippen LogP contribution < -0.4 is 11.1 Å². The summed E-state index contributed by atoms with van der Waals surface area (Å²) in [5.41, 5.74) is 8.96. The number of nitrogen functional groups attached to an aromatic ring is 1. The van der Waals surface area contributed by atoms with Crippen molar-refractivity contribution in [1.29, 1.82) is 0 Å². The molecule has 0 amide bonds. The smallest absolute Gasteiger partial charge is 0.118 e. The highest BCUT2D eigenvalue weighted by atomic mass is 19.1. The van der Waals surface area contributed by atoms with Gasteiger partial charge >= 0.3 is 0 Å². The van der Waals surface area contributed by atoms with Crippen LogP contribution in [0.1, 0.15) is 46.1 Å². The van der Waals surface area contributed by atoms with E-state index in [1.54, 1.807) is 6.92 Å². The summed E-state index contributed by atoms with van der Waals surface area (Å²) in [6.07, 6.45) is 7.63. The predicted molar refractivity (Wildman–Crippen MR) is 93.3 cm³/mol. The zero-order valence-corrected chi connectivity index (χ0v) is 13.7. The average Bonchev–Trinajstić information content (AvgIpc) is 2.51. The summed E-state index contributed by atoms with van der Waals surface area (Å²) in [7, 11) is 0.